The van der Waals surface area contributed by atoms with Gasteiger partial charge in [0.15, 0.2) is 12.4 Å². The van der Waals surface area contributed by atoms with Crippen LogP contribution in [-0.2, 0) is 4.79 Å². The standard InChI is InChI=1S/C15H15N3O5/c1-10-4-3-5-13(11(10)2)22-9-14(19)17-16-8-12-6-7-15(23-12)18(20)21/h3-8H,9H2,1-2H3,(H,17,19)/b16-8-. The Bertz CT molecular complexity index is 751. The van der Waals surface area contributed by atoms with Crippen molar-refractivity contribution >= 4 is 18.0 Å². The molecule has 1 N–H and O–H groups in total. The normalized spacial score (nSPS) is 10.7. The van der Waals surface area contributed by atoms with E-state index in [0.29, 0.717) is 5.75 Å². The number of hydrogen-bond donors (Lipinski definition) is 1. The number of amides is 1. The lowest BCUT2D eigenvalue weighted by molar-refractivity contribution is -0.402. The molecule has 0 aliphatic heterocycles. The summed E-state index contributed by atoms with van der Waals surface area (Å²) in [6.07, 6.45) is 1.17. The van der Waals surface area contributed by atoms with Gasteiger partial charge in [0.05, 0.1) is 12.3 Å². The second kappa shape index (κ2) is 7.21. The van der Waals surface area contributed by atoms with E-state index in [2.05, 4.69) is 10.5 Å². The van der Waals surface area contributed by atoms with E-state index in [1.807, 2.05) is 26.0 Å². The molecule has 120 valence electrons. The summed E-state index contributed by atoms with van der Waals surface area (Å²) >= 11 is 0. The van der Waals surface area contributed by atoms with Gasteiger partial charge in [-0.05, 0) is 37.1 Å². The van der Waals surface area contributed by atoms with E-state index < -0.39 is 16.7 Å². The Morgan fingerprint density at radius 3 is 2.87 bits per heavy atom. The molecule has 0 atom stereocenters. The molecule has 0 radical (unpaired) electrons. The number of carbonyl (C=O) groups is 1. The molecule has 8 nitrogen and oxygen atoms in total. The lowest BCUT2D eigenvalue weighted by atomic mass is 10.1. The molecular formula is C15H15N3O5. The van der Waals surface area contributed by atoms with Crippen molar-refractivity contribution in [2.75, 3.05) is 6.61 Å². The Kier molecular flexibility index (Phi) is 5.08. The molecule has 2 rings (SSSR count). The quantitative estimate of drug-likeness (QED) is 0.500. The fraction of sp³-hybridized carbons (Fsp3) is 0.200. The monoisotopic (exact) mass is 317 g/mol. The van der Waals surface area contributed by atoms with Crippen LogP contribution in [0.15, 0.2) is 39.9 Å². The van der Waals surface area contributed by atoms with Gasteiger partial charge < -0.3 is 9.15 Å². The van der Waals surface area contributed by atoms with E-state index in [0.717, 1.165) is 11.1 Å². The van der Waals surface area contributed by atoms with Crippen molar-refractivity contribution in [2.45, 2.75) is 13.8 Å². The van der Waals surface area contributed by atoms with Crippen molar-refractivity contribution in [3.63, 3.8) is 0 Å². The third-order valence-corrected chi connectivity index (χ3v) is 3.09. The lowest BCUT2D eigenvalue weighted by Crippen LogP contribution is -2.24. The highest BCUT2D eigenvalue weighted by Crippen LogP contribution is 2.20. The van der Waals surface area contributed by atoms with Crippen molar-refractivity contribution in [1.82, 2.24) is 5.43 Å². The first-order valence-electron chi connectivity index (χ1n) is 6.72. The van der Waals surface area contributed by atoms with Crippen LogP contribution in [0.25, 0.3) is 0 Å². The summed E-state index contributed by atoms with van der Waals surface area (Å²) in [7, 11) is 0. The third kappa shape index (κ3) is 4.40. The fourth-order valence-corrected chi connectivity index (χ4v) is 1.73. The Hall–Kier alpha value is -3.16. The summed E-state index contributed by atoms with van der Waals surface area (Å²) in [6.45, 7) is 3.67. The number of furan rings is 1. The van der Waals surface area contributed by atoms with Crippen LogP contribution in [-0.4, -0.2) is 23.7 Å². The van der Waals surface area contributed by atoms with E-state index in [4.69, 9.17) is 9.15 Å². The van der Waals surface area contributed by atoms with E-state index in [-0.39, 0.29) is 12.4 Å². The Morgan fingerprint density at radius 2 is 2.17 bits per heavy atom. The van der Waals surface area contributed by atoms with Crippen LogP contribution in [0.1, 0.15) is 16.9 Å². The van der Waals surface area contributed by atoms with Gasteiger partial charge in [-0.25, -0.2) is 5.43 Å². The molecule has 2 aromatic rings. The van der Waals surface area contributed by atoms with Crippen LogP contribution in [0.2, 0.25) is 0 Å². The van der Waals surface area contributed by atoms with E-state index in [9.17, 15) is 14.9 Å². The fourth-order valence-electron chi connectivity index (χ4n) is 1.73. The molecular weight excluding hydrogens is 302 g/mol. The van der Waals surface area contributed by atoms with Gasteiger partial charge in [-0.2, -0.15) is 5.10 Å². The first kappa shape index (κ1) is 16.2. The molecule has 0 saturated heterocycles. The summed E-state index contributed by atoms with van der Waals surface area (Å²) in [5.74, 6) is -0.0579. The van der Waals surface area contributed by atoms with E-state index in [1.54, 1.807) is 6.07 Å². The van der Waals surface area contributed by atoms with E-state index in [1.165, 1.54) is 18.3 Å². The number of ether oxygens (including phenoxy) is 1. The molecule has 0 aliphatic carbocycles. The number of hydrogen-bond acceptors (Lipinski definition) is 6. The van der Waals surface area contributed by atoms with Crippen molar-refractivity contribution < 1.29 is 18.9 Å². The predicted molar refractivity (Wildman–Crippen MR) is 82.5 cm³/mol. The van der Waals surface area contributed by atoms with Gasteiger partial charge in [0.25, 0.3) is 5.91 Å². The van der Waals surface area contributed by atoms with Gasteiger partial charge in [0.1, 0.15) is 10.7 Å². The highest BCUT2D eigenvalue weighted by atomic mass is 16.6. The van der Waals surface area contributed by atoms with Crippen LogP contribution in [0.5, 0.6) is 5.75 Å². The highest BCUT2D eigenvalue weighted by molar-refractivity contribution is 5.81. The number of nitrogens with zero attached hydrogens (tertiary/aromatic N) is 2. The minimum Gasteiger partial charge on any atom is -0.483 e. The zero-order valence-corrected chi connectivity index (χ0v) is 12.6. The minimum absolute atomic E-state index is 0.160. The number of aryl methyl sites for hydroxylation is 1. The summed E-state index contributed by atoms with van der Waals surface area (Å²) < 4.78 is 10.3. The van der Waals surface area contributed by atoms with Gasteiger partial charge in [0.2, 0.25) is 0 Å². The summed E-state index contributed by atoms with van der Waals surface area (Å²) in [5, 5.41) is 14.1. The second-order valence-corrected chi connectivity index (χ2v) is 4.71. The number of nitrogens with one attached hydrogen (secondary N) is 1. The molecule has 1 aromatic heterocycles. The number of hydrazone groups is 1. The molecule has 8 heteroatoms. The zero-order chi connectivity index (χ0) is 16.8. The summed E-state index contributed by atoms with van der Waals surface area (Å²) in [6, 6.07) is 8.15. The maximum Gasteiger partial charge on any atom is 0.433 e. The first-order chi connectivity index (χ1) is 11.0. The first-order valence-corrected chi connectivity index (χ1v) is 6.72. The molecule has 0 aliphatic rings. The predicted octanol–water partition coefficient (Wildman–Crippen LogP) is 2.33. The van der Waals surface area contributed by atoms with Crippen LogP contribution in [0, 0.1) is 24.0 Å². The Labute approximate surface area is 131 Å². The average molecular weight is 317 g/mol. The molecule has 0 bridgehead atoms. The van der Waals surface area contributed by atoms with Crippen LogP contribution in [0.3, 0.4) is 0 Å². The Balaban J connectivity index is 1.84. The van der Waals surface area contributed by atoms with Crippen LogP contribution < -0.4 is 10.2 Å². The topological polar surface area (TPSA) is 107 Å². The summed E-state index contributed by atoms with van der Waals surface area (Å²) in [5.41, 5.74) is 4.28. The van der Waals surface area contributed by atoms with Crippen molar-refractivity contribution in [3.05, 3.63) is 57.3 Å². The zero-order valence-electron chi connectivity index (χ0n) is 12.6. The van der Waals surface area contributed by atoms with Crippen LogP contribution >= 0.6 is 0 Å². The molecule has 1 amide bonds. The molecule has 0 unspecified atom stereocenters. The van der Waals surface area contributed by atoms with Gasteiger partial charge >= 0.3 is 5.88 Å². The smallest absolute Gasteiger partial charge is 0.433 e. The van der Waals surface area contributed by atoms with Gasteiger partial charge in [-0.15, -0.1) is 0 Å². The summed E-state index contributed by atoms with van der Waals surface area (Å²) in [4.78, 5) is 21.4. The van der Waals surface area contributed by atoms with Crippen molar-refractivity contribution in [3.8, 4) is 5.75 Å². The second-order valence-electron chi connectivity index (χ2n) is 4.71. The molecule has 23 heavy (non-hydrogen) atoms. The Morgan fingerprint density at radius 1 is 1.39 bits per heavy atom. The molecule has 0 saturated carbocycles. The minimum atomic E-state index is -0.659. The van der Waals surface area contributed by atoms with Crippen molar-refractivity contribution in [1.29, 1.82) is 0 Å². The van der Waals surface area contributed by atoms with Crippen molar-refractivity contribution in [2.24, 2.45) is 5.10 Å². The van der Waals surface area contributed by atoms with Crippen LogP contribution in [0.4, 0.5) is 5.88 Å². The van der Waals surface area contributed by atoms with Gasteiger partial charge in [0, 0.05) is 0 Å². The molecule has 0 spiro atoms. The molecule has 1 aromatic carbocycles. The average Bonchev–Trinajstić information content (AvgIpc) is 2.98. The molecule has 1 heterocycles. The number of carbonyl (C=O) groups excluding carboxylic acids is 1. The maximum atomic E-state index is 11.6. The maximum absolute atomic E-state index is 11.6. The number of rotatable bonds is 6. The number of benzene rings is 1. The van der Waals surface area contributed by atoms with E-state index >= 15 is 0 Å². The largest absolute Gasteiger partial charge is 0.483 e. The van der Waals surface area contributed by atoms with Gasteiger partial charge in [-0.1, -0.05) is 12.1 Å². The lowest BCUT2D eigenvalue weighted by Gasteiger charge is -2.09. The van der Waals surface area contributed by atoms with Gasteiger partial charge in [-0.3, -0.25) is 14.9 Å². The SMILES string of the molecule is Cc1cccc(OCC(=O)N/N=C\c2ccc([N+](=O)[O-])o2)c1C. The highest BCUT2D eigenvalue weighted by Gasteiger charge is 2.10. The number of nitro groups is 1. The molecule has 0 fully saturated rings. The third-order valence-electron chi connectivity index (χ3n) is 3.09.